The van der Waals surface area contributed by atoms with E-state index in [0.717, 1.165) is 24.8 Å². The van der Waals surface area contributed by atoms with Gasteiger partial charge in [-0.1, -0.05) is 19.8 Å². The molecule has 17 heavy (non-hydrogen) atoms. The van der Waals surface area contributed by atoms with Crippen LogP contribution in [0.4, 0.5) is 0 Å². The molecular weight excluding hydrogens is 214 g/mol. The first-order valence-electron chi connectivity index (χ1n) is 6.59. The van der Waals surface area contributed by atoms with E-state index >= 15 is 0 Å². The number of hydrogen-bond donors (Lipinski definition) is 1. The van der Waals surface area contributed by atoms with Gasteiger partial charge in [0.1, 0.15) is 6.61 Å². The summed E-state index contributed by atoms with van der Waals surface area (Å²) in [5, 5.41) is 7.64. The quantitative estimate of drug-likeness (QED) is 0.796. The van der Waals surface area contributed by atoms with Crippen LogP contribution in [0.5, 0.6) is 5.75 Å². The molecule has 0 aliphatic heterocycles. The third-order valence-electron chi connectivity index (χ3n) is 3.42. The second kappa shape index (κ2) is 6.05. The molecule has 0 aromatic carbocycles. The first-order valence-corrected chi connectivity index (χ1v) is 6.59. The van der Waals surface area contributed by atoms with Gasteiger partial charge in [0.05, 0.1) is 12.4 Å². The maximum Gasteiger partial charge on any atom is 0.157 e. The van der Waals surface area contributed by atoms with Crippen LogP contribution in [0.3, 0.4) is 0 Å². The molecule has 1 aromatic heterocycles. The van der Waals surface area contributed by atoms with Gasteiger partial charge in [-0.2, -0.15) is 5.10 Å². The Labute approximate surface area is 103 Å². The topological polar surface area (TPSA) is 39.1 Å². The van der Waals surface area contributed by atoms with Crippen LogP contribution in [0.2, 0.25) is 0 Å². The Bertz CT molecular complexity index is 337. The van der Waals surface area contributed by atoms with Crippen LogP contribution in [0.1, 0.15) is 32.6 Å². The zero-order valence-corrected chi connectivity index (χ0v) is 10.9. The summed E-state index contributed by atoms with van der Waals surface area (Å²) >= 11 is 0. The van der Waals surface area contributed by atoms with Crippen LogP contribution in [-0.4, -0.2) is 29.0 Å². The van der Waals surface area contributed by atoms with Crippen LogP contribution in [0, 0.1) is 5.92 Å². The van der Waals surface area contributed by atoms with Gasteiger partial charge < -0.3 is 10.1 Å². The van der Waals surface area contributed by atoms with Gasteiger partial charge in [-0.15, -0.1) is 0 Å². The summed E-state index contributed by atoms with van der Waals surface area (Å²) in [6.45, 7) is 3.99. The van der Waals surface area contributed by atoms with Gasteiger partial charge in [0, 0.05) is 19.6 Å². The zero-order valence-electron chi connectivity index (χ0n) is 10.9. The highest BCUT2D eigenvalue weighted by molar-refractivity contribution is 5.11. The predicted octanol–water partition coefficient (Wildman–Crippen LogP) is 1.97. The van der Waals surface area contributed by atoms with Crippen LogP contribution < -0.4 is 10.1 Å². The lowest BCUT2D eigenvalue weighted by molar-refractivity contribution is 0.266. The molecule has 2 rings (SSSR count). The zero-order chi connectivity index (χ0) is 12.1. The number of aryl methyl sites for hydroxylation is 1. The highest BCUT2D eigenvalue weighted by atomic mass is 16.5. The molecule has 0 radical (unpaired) electrons. The van der Waals surface area contributed by atoms with Crippen molar-refractivity contribution >= 4 is 0 Å². The minimum atomic E-state index is 0.691. The summed E-state index contributed by atoms with van der Waals surface area (Å²) < 4.78 is 7.35. The third kappa shape index (κ3) is 4.04. The van der Waals surface area contributed by atoms with Crippen molar-refractivity contribution in [3.8, 4) is 5.75 Å². The lowest BCUT2D eigenvalue weighted by Gasteiger charge is -2.27. The second-order valence-electron chi connectivity index (χ2n) is 5.12. The Morgan fingerprint density at radius 3 is 3.12 bits per heavy atom. The molecule has 1 fully saturated rings. The average molecular weight is 237 g/mol. The molecule has 2 atom stereocenters. The van der Waals surface area contributed by atoms with E-state index < -0.39 is 0 Å². The van der Waals surface area contributed by atoms with E-state index in [0.29, 0.717) is 6.04 Å². The fourth-order valence-corrected chi connectivity index (χ4v) is 2.52. The van der Waals surface area contributed by atoms with Crippen molar-refractivity contribution in [1.82, 2.24) is 15.1 Å². The van der Waals surface area contributed by atoms with E-state index in [9.17, 15) is 0 Å². The van der Waals surface area contributed by atoms with E-state index in [1.165, 1.54) is 25.7 Å². The molecule has 4 nitrogen and oxygen atoms in total. The standard InChI is InChI=1S/C13H23N3O/c1-11-4-3-5-12(8-11)14-6-7-17-13-9-15-16(2)10-13/h9-12,14H,3-8H2,1-2H3. The third-order valence-corrected chi connectivity index (χ3v) is 3.42. The lowest BCUT2D eigenvalue weighted by Crippen LogP contribution is -2.36. The van der Waals surface area contributed by atoms with E-state index in [2.05, 4.69) is 17.3 Å². The second-order valence-corrected chi connectivity index (χ2v) is 5.12. The van der Waals surface area contributed by atoms with Gasteiger partial charge in [-0.05, 0) is 18.8 Å². The van der Waals surface area contributed by atoms with Crippen LogP contribution >= 0.6 is 0 Å². The molecule has 0 spiro atoms. The maximum absolute atomic E-state index is 5.60. The summed E-state index contributed by atoms with van der Waals surface area (Å²) in [5.74, 6) is 1.73. The van der Waals surface area contributed by atoms with Crippen molar-refractivity contribution in [2.75, 3.05) is 13.2 Å². The van der Waals surface area contributed by atoms with Gasteiger partial charge in [-0.25, -0.2) is 0 Å². The summed E-state index contributed by atoms with van der Waals surface area (Å²) in [5.41, 5.74) is 0. The molecule has 0 amide bonds. The van der Waals surface area contributed by atoms with Crippen LogP contribution in [-0.2, 0) is 7.05 Å². The summed E-state index contributed by atoms with van der Waals surface area (Å²) in [6, 6.07) is 0.691. The van der Waals surface area contributed by atoms with Crippen molar-refractivity contribution in [3.05, 3.63) is 12.4 Å². The van der Waals surface area contributed by atoms with Gasteiger partial charge in [0.25, 0.3) is 0 Å². The largest absolute Gasteiger partial charge is 0.489 e. The van der Waals surface area contributed by atoms with E-state index in [1.807, 2.05) is 13.2 Å². The van der Waals surface area contributed by atoms with Crippen molar-refractivity contribution in [2.24, 2.45) is 13.0 Å². The molecule has 1 heterocycles. The minimum absolute atomic E-state index is 0.691. The fraction of sp³-hybridized carbons (Fsp3) is 0.769. The van der Waals surface area contributed by atoms with E-state index in [-0.39, 0.29) is 0 Å². The molecule has 1 saturated carbocycles. The first kappa shape index (κ1) is 12.4. The lowest BCUT2D eigenvalue weighted by atomic mass is 9.87. The van der Waals surface area contributed by atoms with Crippen molar-refractivity contribution < 1.29 is 4.74 Å². The molecule has 1 aromatic rings. The molecule has 96 valence electrons. The SMILES string of the molecule is CC1CCCC(NCCOc2cnn(C)c2)C1. The fourth-order valence-electron chi connectivity index (χ4n) is 2.52. The Morgan fingerprint density at radius 1 is 1.53 bits per heavy atom. The molecule has 2 unspecified atom stereocenters. The molecule has 1 aliphatic carbocycles. The smallest absolute Gasteiger partial charge is 0.157 e. The Morgan fingerprint density at radius 2 is 2.41 bits per heavy atom. The van der Waals surface area contributed by atoms with Gasteiger partial charge >= 0.3 is 0 Å². The number of hydrogen-bond acceptors (Lipinski definition) is 3. The predicted molar refractivity (Wildman–Crippen MR) is 68.1 cm³/mol. The molecule has 1 aliphatic rings. The number of nitrogens with zero attached hydrogens (tertiary/aromatic N) is 2. The van der Waals surface area contributed by atoms with Crippen LogP contribution in [0.15, 0.2) is 12.4 Å². The average Bonchev–Trinajstić information content (AvgIpc) is 2.71. The maximum atomic E-state index is 5.60. The highest BCUT2D eigenvalue weighted by Crippen LogP contribution is 2.23. The monoisotopic (exact) mass is 237 g/mol. The summed E-state index contributed by atoms with van der Waals surface area (Å²) in [4.78, 5) is 0. The highest BCUT2D eigenvalue weighted by Gasteiger charge is 2.17. The van der Waals surface area contributed by atoms with Crippen molar-refractivity contribution in [3.63, 3.8) is 0 Å². The van der Waals surface area contributed by atoms with E-state index in [4.69, 9.17) is 4.74 Å². The Hall–Kier alpha value is -1.03. The molecule has 0 saturated heterocycles. The Balaban J connectivity index is 1.59. The van der Waals surface area contributed by atoms with Crippen LogP contribution in [0.25, 0.3) is 0 Å². The number of ether oxygens (including phenoxy) is 1. The number of nitrogens with one attached hydrogen (secondary N) is 1. The van der Waals surface area contributed by atoms with E-state index in [1.54, 1.807) is 10.9 Å². The normalized spacial score (nSPS) is 24.8. The number of rotatable bonds is 5. The van der Waals surface area contributed by atoms with Gasteiger partial charge in [-0.3, -0.25) is 4.68 Å². The first-order chi connectivity index (χ1) is 8.24. The molecular formula is C13H23N3O. The summed E-state index contributed by atoms with van der Waals surface area (Å²) in [6.07, 6.45) is 9.03. The van der Waals surface area contributed by atoms with Gasteiger partial charge in [0.15, 0.2) is 5.75 Å². The van der Waals surface area contributed by atoms with Crippen molar-refractivity contribution in [2.45, 2.75) is 38.6 Å². The summed E-state index contributed by atoms with van der Waals surface area (Å²) in [7, 11) is 1.90. The minimum Gasteiger partial charge on any atom is -0.489 e. The Kier molecular flexibility index (Phi) is 4.42. The number of aromatic nitrogens is 2. The van der Waals surface area contributed by atoms with Gasteiger partial charge in [0.2, 0.25) is 0 Å². The molecule has 0 bridgehead atoms. The van der Waals surface area contributed by atoms with Crippen molar-refractivity contribution in [1.29, 1.82) is 0 Å². The molecule has 1 N–H and O–H groups in total. The molecule has 4 heteroatoms.